The molecule has 2 aromatic carbocycles. The summed E-state index contributed by atoms with van der Waals surface area (Å²) in [5.74, 6) is -0.0388. The number of benzene rings is 2. The van der Waals surface area contributed by atoms with Crippen molar-refractivity contribution in [2.45, 2.75) is 12.1 Å². The van der Waals surface area contributed by atoms with E-state index in [4.69, 9.17) is 0 Å². The third kappa shape index (κ3) is 2.12. The molecule has 0 N–H and O–H groups in total. The van der Waals surface area contributed by atoms with Crippen molar-refractivity contribution in [2.75, 3.05) is 6.26 Å². The van der Waals surface area contributed by atoms with E-state index in [0.717, 1.165) is 21.8 Å². The molecule has 0 aliphatic carbocycles. The fourth-order valence-electron chi connectivity index (χ4n) is 2.16. The lowest BCUT2D eigenvalue weighted by Gasteiger charge is -2.06. The Kier molecular flexibility index (Phi) is 3.32. The Labute approximate surface area is 121 Å². The molecule has 20 heavy (non-hydrogen) atoms. The zero-order valence-corrected chi connectivity index (χ0v) is 12.1. The minimum absolute atomic E-state index is 0.0388. The van der Waals surface area contributed by atoms with E-state index in [1.54, 1.807) is 4.57 Å². The third-order valence-corrected chi connectivity index (χ3v) is 3.85. The average molecular weight is 282 g/mol. The van der Waals surface area contributed by atoms with Crippen LogP contribution in [0.15, 0.2) is 53.7 Å². The van der Waals surface area contributed by atoms with Crippen LogP contribution in [0.2, 0.25) is 0 Å². The summed E-state index contributed by atoms with van der Waals surface area (Å²) in [4.78, 5) is 17.2. The Morgan fingerprint density at radius 2 is 1.80 bits per heavy atom. The van der Waals surface area contributed by atoms with Crippen LogP contribution in [0.3, 0.4) is 0 Å². The fraction of sp³-hybridized carbons (Fsp3) is 0.125. The van der Waals surface area contributed by atoms with Crippen molar-refractivity contribution in [1.82, 2.24) is 9.55 Å². The van der Waals surface area contributed by atoms with Crippen LogP contribution in [0.5, 0.6) is 0 Å². The van der Waals surface area contributed by atoms with Gasteiger partial charge in [-0.05, 0) is 37.4 Å². The van der Waals surface area contributed by atoms with Crippen LogP contribution in [0.25, 0.3) is 11.0 Å². The van der Waals surface area contributed by atoms with E-state index >= 15 is 0 Å². The molecule has 0 unspecified atom stereocenters. The maximum Gasteiger partial charge on any atom is 0.264 e. The van der Waals surface area contributed by atoms with Crippen LogP contribution in [0.4, 0.5) is 0 Å². The molecule has 0 amide bonds. The van der Waals surface area contributed by atoms with Crippen LogP contribution >= 0.6 is 11.8 Å². The molecule has 0 bridgehead atoms. The standard InChI is InChI=1S/C16H14N2OS/c1-11-7-9-12(10-8-11)15(19)18-14-6-4-3-5-13(14)17-16(18)20-2/h3-10H,1-2H3. The largest absolute Gasteiger partial charge is 0.268 e. The molecule has 3 nitrogen and oxygen atoms in total. The number of hydrogen-bond donors (Lipinski definition) is 0. The van der Waals surface area contributed by atoms with Crippen molar-refractivity contribution in [3.05, 3.63) is 59.7 Å². The molecule has 100 valence electrons. The van der Waals surface area contributed by atoms with Crippen molar-refractivity contribution in [1.29, 1.82) is 0 Å². The molecule has 1 aromatic heterocycles. The van der Waals surface area contributed by atoms with E-state index in [1.165, 1.54) is 11.8 Å². The summed E-state index contributed by atoms with van der Waals surface area (Å²) in [5, 5.41) is 0.719. The minimum Gasteiger partial charge on any atom is -0.268 e. The lowest BCUT2D eigenvalue weighted by Crippen LogP contribution is -2.12. The first-order valence-corrected chi connectivity index (χ1v) is 7.56. The van der Waals surface area contributed by atoms with Gasteiger partial charge in [0, 0.05) is 5.56 Å². The van der Waals surface area contributed by atoms with E-state index in [1.807, 2.05) is 61.7 Å². The molecule has 3 aromatic rings. The van der Waals surface area contributed by atoms with E-state index < -0.39 is 0 Å². The SMILES string of the molecule is CSc1nc2ccccc2n1C(=O)c1ccc(C)cc1. The molecule has 0 aliphatic rings. The third-order valence-electron chi connectivity index (χ3n) is 3.21. The zero-order chi connectivity index (χ0) is 14.1. The minimum atomic E-state index is -0.0388. The zero-order valence-electron chi connectivity index (χ0n) is 11.3. The molecule has 4 heteroatoms. The van der Waals surface area contributed by atoms with Crippen LogP contribution in [0.1, 0.15) is 15.9 Å². The lowest BCUT2D eigenvalue weighted by molar-refractivity contribution is 0.0955. The van der Waals surface area contributed by atoms with E-state index in [0.29, 0.717) is 5.56 Å². The highest BCUT2D eigenvalue weighted by atomic mass is 32.2. The summed E-state index contributed by atoms with van der Waals surface area (Å²) < 4.78 is 1.69. The maximum atomic E-state index is 12.7. The van der Waals surface area contributed by atoms with Gasteiger partial charge in [0.2, 0.25) is 0 Å². The van der Waals surface area contributed by atoms with Gasteiger partial charge in [-0.15, -0.1) is 0 Å². The number of para-hydroxylation sites is 2. The monoisotopic (exact) mass is 282 g/mol. The molecular weight excluding hydrogens is 268 g/mol. The number of carbonyl (C=O) groups excluding carboxylic acids is 1. The Hall–Kier alpha value is -2.07. The molecule has 0 fully saturated rings. The highest BCUT2D eigenvalue weighted by molar-refractivity contribution is 7.98. The van der Waals surface area contributed by atoms with Gasteiger partial charge in [0.1, 0.15) is 0 Å². The first kappa shape index (κ1) is 12.9. The van der Waals surface area contributed by atoms with Crippen molar-refractivity contribution >= 4 is 28.7 Å². The van der Waals surface area contributed by atoms with Crippen molar-refractivity contribution in [2.24, 2.45) is 0 Å². The summed E-state index contributed by atoms with van der Waals surface area (Å²) in [7, 11) is 0. The predicted molar refractivity (Wildman–Crippen MR) is 82.4 cm³/mol. The highest BCUT2D eigenvalue weighted by Gasteiger charge is 2.17. The number of imidazole rings is 1. The number of carbonyl (C=O) groups is 1. The number of rotatable bonds is 2. The topological polar surface area (TPSA) is 34.9 Å². The summed E-state index contributed by atoms with van der Waals surface area (Å²) in [6, 6.07) is 15.3. The molecule has 0 spiro atoms. The van der Waals surface area contributed by atoms with E-state index in [9.17, 15) is 4.79 Å². The summed E-state index contributed by atoms with van der Waals surface area (Å²) in [6.07, 6.45) is 1.93. The Morgan fingerprint density at radius 1 is 1.10 bits per heavy atom. The number of aryl methyl sites for hydroxylation is 1. The van der Waals surface area contributed by atoms with Gasteiger partial charge in [-0.25, -0.2) is 4.98 Å². The molecule has 0 saturated carbocycles. The van der Waals surface area contributed by atoms with Crippen LogP contribution in [0, 0.1) is 6.92 Å². The molecule has 0 aliphatic heterocycles. The molecule has 0 saturated heterocycles. The van der Waals surface area contributed by atoms with Crippen molar-refractivity contribution in [3.8, 4) is 0 Å². The van der Waals surface area contributed by atoms with Gasteiger partial charge in [0.15, 0.2) is 5.16 Å². The van der Waals surface area contributed by atoms with Crippen LogP contribution in [-0.4, -0.2) is 21.7 Å². The van der Waals surface area contributed by atoms with Crippen molar-refractivity contribution in [3.63, 3.8) is 0 Å². The fourth-order valence-corrected chi connectivity index (χ4v) is 2.72. The lowest BCUT2D eigenvalue weighted by atomic mass is 10.1. The Morgan fingerprint density at radius 3 is 2.50 bits per heavy atom. The van der Waals surface area contributed by atoms with Gasteiger partial charge < -0.3 is 0 Å². The van der Waals surface area contributed by atoms with Gasteiger partial charge in [-0.1, -0.05) is 41.6 Å². The molecule has 0 radical (unpaired) electrons. The van der Waals surface area contributed by atoms with Crippen LogP contribution in [-0.2, 0) is 0 Å². The van der Waals surface area contributed by atoms with E-state index in [2.05, 4.69) is 4.98 Å². The second kappa shape index (κ2) is 5.13. The first-order chi connectivity index (χ1) is 9.70. The summed E-state index contributed by atoms with van der Waals surface area (Å²) in [5.41, 5.74) is 3.51. The van der Waals surface area contributed by atoms with Gasteiger partial charge in [0.25, 0.3) is 5.91 Å². The molecular formula is C16H14N2OS. The van der Waals surface area contributed by atoms with Crippen LogP contribution < -0.4 is 0 Å². The second-order valence-corrected chi connectivity index (χ2v) is 5.37. The van der Waals surface area contributed by atoms with Gasteiger partial charge in [-0.3, -0.25) is 9.36 Å². The first-order valence-electron chi connectivity index (χ1n) is 6.33. The highest BCUT2D eigenvalue weighted by Crippen LogP contribution is 2.23. The smallest absolute Gasteiger partial charge is 0.264 e. The number of thioether (sulfide) groups is 1. The summed E-state index contributed by atoms with van der Waals surface area (Å²) >= 11 is 1.48. The normalized spacial score (nSPS) is 10.9. The van der Waals surface area contributed by atoms with E-state index in [-0.39, 0.29) is 5.91 Å². The quantitative estimate of drug-likeness (QED) is 0.671. The average Bonchev–Trinajstić information content (AvgIpc) is 2.85. The second-order valence-electron chi connectivity index (χ2n) is 4.59. The number of fused-ring (bicyclic) bond motifs is 1. The van der Waals surface area contributed by atoms with Gasteiger partial charge in [-0.2, -0.15) is 0 Å². The number of hydrogen-bond acceptors (Lipinski definition) is 3. The number of aromatic nitrogens is 2. The summed E-state index contributed by atoms with van der Waals surface area (Å²) in [6.45, 7) is 2.01. The number of nitrogens with zero attached hydrogens (tertiary/aromatic N) is 2. The predicted octanol–water partition coefficient (Wildman–Crippen LogP) is 3.76. The molecule has 3 rings (SSSR count). The van der Waals surface area contributed by atoms with Gasteiger partial charge in [0.05, 0.1) is 11.0 Å². The van der Waals surface area contributed by atoms with Crippen molar-refractivity contribution < 1.29 is 4.79 Å². The maximum absolute atomic E-state index is 12.7. The Bertz CT molecular complexity index is 775. The Balaban J connectivity index is 2.17. The molecule has 0 atom stereocenters. The molecule has 1 heterocycles. The van der Waals surface area contributed by atoms with Gasteiger partial charge >= 0.3 is 0 Å².